The average Bonchev–Trinajstić information content (AvgIpc) is 3.35. The monoisotopic (exact) mass is 541 g/mol. The standard InChI is InChI=1S/C34H43N3O3/c1-4-26(2)27-15-21-30(22-16-27)40-25-11-10-24-37-32-13-8-7-12-31(32)36-33(37)14-6-5-9-23-35-34(38)28-17-19-29(39-3)20-18-28/h7-8,12-13,15-22,26H,4-6,9-11,14,23-25H2,1-3H3,(H,35,38). The maximum atomic E-state index is 12.3. The van der Waals surface area contributed by atoms with E-state index in [1.807, 2.05) is 0 Å². The van der Waals surface area contributed by atoms with Gasteiger partial charge >= 0.3 is 0 Å². The van der Waals surface area contributed by atoms with Gasteiger partial charge < -0.3 is 19.4 Å². The Morgan fingerprint density at radius 2 is 1.65 bits per heavy atom. The normalized spacial score (nSPS) is 11.9. The molecule has 6 nitrogen and oxygen atoms in total. The van der Waals surface area contributed by atoms with Crippen LogP contribution in [-0.2, 0) is 13.0 Å². The van der Waals surface area contributed by atoms with Crippen molar-refractivity contribution in [2.24, 2.45) is 0 Å². The van der Waals surface area contributed by atoms with E-state index in [2.05, 4.69) is 72.3 Å². The van der Waals surface area contributed by atoms with Crippen LogP contribution in [0.3, 0.4) is 0 Å². The van der Waals surface area contributed by atoms with E-state index < -0.39 is 0 Å². The Hall–Kier alpha value is -3.80. The van der Waals surface area contributed by atoms with Crippen LogP contribution in [0, 0.1) is 0 Å². The van der Waals surface area contributed by atoms with Gasteiger partial charge in [-0.05, 0) is 92.1 Å². The number of nitrogens with zero attached hydrogens (tertiary/aromatic N) is 2. The molecule has 4 aromatic rings. The highest BCUT2D eigenvalue weighted by atomic mass is 16.5. The van der Waals surface area contributed by atoms with E-state index in [0.717, 1.165) is 74.3 Å². The molecule has 0 saturated heterocycles. The zero-order valence-electron chi connectivity index (χ0n) is 24.2. The Labute approximate surface area is 238 Å². The number of aromatic nitrogens is 2. The van der Waals surface area contributed by atoms with Gasteiger partial charge in [0.25, 0.3) is 5.91 Å². The number of imidazole rings is 1. The van der Waals surface area contributed by atoms with E-state index in [1.165, 1.54) is 11.1 Å². The lowest BCUT2D eigenvalue weighted by atomic mass is 9.99. The molecular formula is C34H43N3O3. The highest BCUT2D eigenvalue weighted by molar-refractivity contribution is 5.94. The van der Waals surface area contributed by atoms with E-state index >= 15 is 0 Å². The lowest BCUT2D eigenvalue weighted by Gasteiger charge is -2.12. The molecule has 40 heavy (non-hydrogen) atoms. The molecule has 1 atom stereocenters. The van der Waals surface area contributed by atoms with Gasteiger partial charge in [0.05, 0.1) is 24.8 Å². The molecule has 0 aliphatic carbocycles. The molecule has 3 aromatic carbocycles. The lowest BCUT2D eigenvalue weighted by Crippen LogP contribution is -2.24. The van der Waals surface area contributed by atoms with Crippen molar-refractivity contribution in [3.63, 3.8) is 0 Å². The van der Waals surface area contributed by atoms with Crippen LogP contribution in [0.1, 0.15) is 80.0 Å². The second-order valence-electron chi connectivity index (χ2n) is 10.4. The third-order valence-corrected chi connectivity index (χ3v) is 7.55. The Kier molecular flexibility index (Phi) is 11.0. The summed E-state index contributed by atoms with van der Waals surface area (Å²) in [5, 5.41) is 3.02. The molecule has 1 aromatic heterocycles. The van der Waals surface area contributed by atoms with Gasteiger partial charge in [0, 0.05) is 25.1 Å². The third-order valence-electron chi connectivity index (χ3n) is 7.55. The minimum atomic E-state index is -0.0449. The third kappa shape index (κ3) is 8.10. The van der Waals surface area contributed by atoms with Crippen molar-refractivity contribution in [3.8, 4) is 11.5 Å². The molecule has 0 radical (unpaired) electrons. The van der Waals surface area contributed by atoms with Crippen molar-refractivity contribution in [3.05, 3.63) is 89.7 Å². The van der Waals surface area contributed by atoms with Gasteiger partial charge in [-0.15, -0.1) is 0 Å². The van der Waals surface area contributed by atoms with Crippen LogP contribution in [-0.4, -0.2) is 35.7 Å². The number of benzene rings is 3. The van der Waals surface area contributed by atoms with Crippen molar-refractivity contribution in [1.82, 2.24) is 14.9 Å². The van der Waals surface area contributed by atoms with Crippen LogP contribution < -0.4 is 14.8 Å². The molecule has 4 rings (SSSR count). The van der Waals surface area contributed by atoms with Crippen LogP contribution in [0.5, 0.6) is 11.5 Å². The Morgan fingerprint density at radius 1 is 0.900 bits per heavy atom. The summed E-state index contributed by atoms with van der Waals surface area (Å²) in [4.78, 5) is 17.3. The number of carbonyl (C=O) groups is 1. The molecule has 1 heterocycles. The van der Waals surface area contributed by atoms with Crippen LogP contribution in [0.15, 0.2) is 72.8 Å². The first kappa shape index (κ1) is 29.2. The Balaban J connectivity index is 1.20. The van der Waals surface area contributed by atoms with Crippen LogP contribution in [0.4, 0.5) is 0 Å². The highest BCUT2D eigenvalue weighted by Crippen LogP contribution is 2.22. The maximum Gasteiger partial charge on any atom is 0.251 e. The number of fused-ring (bicyclic) bond motifs is 1. The number of ether oxygens (including phenoxy) is 2. The number of unbranched alkanes of at least 4 members (excludes halogenated alkanes) is 3. The summed E-state index contributed by atoms with van der Waals surface area (Å²) >= 11 is 0. The first-order valence-corrected chi connectivity index (χ1v) is 14.7. The molecule has 6 heteroatoms. The summed E-state index contributed by atoms with van der Waals surface area (Å²) < 4.78 is 13.5. The summed E-state index contributed by atoms with van der Waals surface area (Å²) in [6.07, 6.45) is 7.13. The second kappa shape index (κ2) is 15.1. The number of nitrogens with one attached hydrogen (secondary N) is 1. The number of aryl methyl sites for hydroxylation is 2. The molecule has 0 fully saturated rings. The predicted octanol–water partition coefficient (Wildman–Crippen LogP) is 7.56. The molecule has 0 aliphatic rings. The number of hydrogen-bond donors (Lipinski definition) is 1. The van der Waals surface area contributed by atoms with E-state index in [-0.39, 0.29) is 5.91 Å². The number of para-hydroxylation sites is 2. The predicted molar refractivity (Wildman–Crippen MR) is 162 cm³/mol. The first-order chi connectivity index (χ1) is 19.6. The van der Waals surface area contributed by atoms with Gasteiger partial charge in [-0.2, -0.15) is 0 Å². The maximum absolute atomic E-state index is 12.3. The summed E-state index contributed by atoms with van der Waals surface area (Å²) in [5.74, 6) is 3.38. The molecule has 0 bridgehead atoms. The van der Waals surface area contributed by atoms with Crippen molar-refractivity contribution in [2.45, 2.75) is 71.3 Å². The molecule has 1 amide bonds. The Morgan fingerprint density at radius 3 is 2.40 bits per heavy atom. The number of carbonyl (C=O) groups excluding carboxylic acids is 1. The quantitative estimate of drug-likeness (QED) is 0.149. The van der Waals surface area contributed by atoms with Crippen LogP contribution in [0.2, 0.25) is 0 Å². The Bertz CT molecular complexity index is 1330. The molecule has 0 saturated carbocycles. The zero-order chi connectivity index (χ0) is 28.2. The van der Waals surface area contributed by atoms with Gasteiger partial charge in [0.2, 0.25) is 0 Å². The van der Waals surface area contributed by atoms with E-state index in [0.29, 0.717) is 24.6 Å². The van der Waals surface area contributed by atoms with Crippen molar-refractivity contribution in [2.75, 3.05) is 20.3 Å². The van der Waals surface area contributed by atoms with Crippen molar-refractivity contribution >= 4 is 16.9 Å². The smallest absolute Gasteiger partial charge is 0.251 e. The van der Waals surface area contributed by atoms with Gasteiger partial charge in [-0.25, -0.2) is 4.98 Å². The molecular weight excluding hydrogens is 498 g/mol. The van der Waals surface area contributed by atoms with Gasteiger partial charge in [0.1, 0.15) is 17.3 Å². The van der Waals surface area contributed by atoms with Gasteiger partial charge in [-0.3, -0.25) is 4.79 Å². The molecule has 1 N–H and O–H groups in total. The topological polar surface area (TPSA) is 65.4 Å². The van der Waals surface area contributed by atoms with Crippen molar-refractivity contribution < 1.29 is 14.3 Å². The first-order valence-electron chi connectivity index (χ1n) is 14.7. The number of hydrogen-bond acceptors (Lipinski definition) is 4. The molecule has 0 spiro atoms. The largest absolute Gasteiger partial charge is 0.497 e. The number of amides is 1. The molecule has 0 aliphatic heterocycles. The summed E-state index contributed by atoms with van der Waals surface area (Å²) in [6.45, 7) is 6.80. The number of rotatable bonds is 16. The van der Waals surface area contributed by atoms with E-state index in [4.69, 9.17) is 14.5 Å². The van der Waals surface area contributed by atoms with Crippen LogP contribution >= 0.6 is 0 Å². The van der Waals surface area contributed by atoms with E-state index in [9.17, 15) is 4.79 Å². The minimum absolute atomic E-state index is 0.0449. The van der Waals surface area contributed by atoms with E-state index in [1.54, 1.807) is 31.4 Å². The zero-order valence-corrected chi connectivity index (χ0v) is 24.2. The fourth-order valence-corrected chi connectivity index (χ4v) is 4.89. The highest BCUT2D eigenvalue weighted by Gasteiger charge is 2.11. The fraction of sp³-hybridized carbons (Fsp3) is 0.412. The SMILES string of the molecule is CCC(C)c1ccc(OCCCCn2c(CCCCCNC(=O)c3ccc(OC)cc3)nc3ccccc32)cc1. The van der Waals surface area contributed by atoms with Crippen molar-refractivity contribution in [1.29, 1.82) is 0 Å². The lowest BCUT2D eigenvalue weighted by molar-refractivity contribution is 0.0953. The summed E-state index contributed by atoms with van der Waals surface area (Å²) in [5.41, 5.74) is 4.28. The summed E-state index contributed by atoms with van der Waals surface area (Å²) in [7, 11) is 1.62. The summed E-state index contributed by atoms with van der Waals surface area (Å²) in [6, 6.07) is 24.1. The minimum Gasteiger partial charge on any atom is -0.497 e. The second-order valence-corrected chi connectivity index (χ2v) is 10.4. The average molecular weight is 542 g/mol. The molecule has 212 valence electrons. The van der Waals surface area contributed by atoms with Gasteiger partial charge in [0.15, 0.2) is 0 Å². The molecule has 1 unspecified atom stereocenters. The van der Waals surface area contributed by atoms with Gasteiger partial charge in [-0.1, -0.05) is 44.5 Å². The van der Waals surface area contributed by atoms with Crippen LogP contribution in [0.25, 0.3) is 11.0 Å². The number of methoxy groups -OCH3 is 1. The fourth-order valence-electron chi connectivity index (χ4n) is 4.89.